The summed E-state index contributed by atoms with van der Waals surface area (Å²) < 4.78 is 7.78. The molecule has 0 saturated carbocycles. The Labute approximate surface area is 146 Å². The highest BCUT2D eigenvalue weighted by Crippen LogP contribution is 2.32. The molecule has 3 aromatic rings. The van der Waals surface area contributed by atoms with E-state index in [0.29, 0.717) is 5.02 Å². The number of hydrogen-bond donors (Lipinski definition) is 0. The van der Waals surface area contributed by atoms with Crippen molar-refractivity contribution in [2.75, 3.05) is 0 Å². The molecule has 116 valence electrons. The molecule has 1 heterocycles. The fraction of sp³-hybridized carbons (Fsp3) is 0.0588. The highest BCUT2D eigenvalue weighted by Gasteiger charge is 2.15. The number of hydrogen-bond acceptors (Lipinski definition) is 3. The first kappa shape index (κ1) is 15.8. The topological polar surface area (TPSA) is 44.1 Å². The van der Waals surface area contributed by atoms with Crippen LogP contribution in [0, 0.1) is 0 Å². The quantitative estimate of drug-likeness (QED) is 0.598. The third-order valence-corrected chi connectivity index (χ3v) is 4.01. The van der Waals surface area contributed by atoms with Crippen LogP contribution in [0.1, 0.15) is 6.92 Å². The number of carbonyl (C=O) groups is 1. The number of ether oxygens (including phenoxy) is 1. The lowest BCUT2D eigenvalue weighted by Gasteiger charge is -2.08. The van der Waals surface area contributed by atoms with Gasteiger partial charge < -0.3 is 4.74 Å². The van der Waals surface area contributed by atoms with Crippen LogP contribution in [0.25, 0.3) is 16.9 Å². The number of esters is 1. The second kappa shape index (κ2) is 6.56. The molecule has 0 unspecified atom stereocenters. The highest BCUT2D eigenvalue weighted by atomic mass is 79.9. The second-order valence-electron chi connectivity index (χ2n) is 4.83. The molecular formula is C17H12BrClN2O2. The molecule has 0 radical (unpaired) electrons. The molecule has 0 aliphatic heterocycles. The Hall–Kier alpha value is -2.11. The standard InChI is InChI=1S/C17H12BrClN2O2/c1-11(22)23-17-10-16(14-4-2-3-5-15(14)19)21(20-17)13-8-6-12(18)7-9-13/h2-10H,1H3. The van der Waals surface area contributed by atoms with Crippen LogP contribution in [0.3, 0.4) is 0 Å². The van der Waals surface area contributed by atoms with Crippen molar-refractivity contribution in [3.63, 3.8) is 0 Å². The number of carbonyl (C=O) groups excluding carboxylic acids is 1. The Morgan fingerprint density at radius 3 is 2.52 bits per heavy atom. The van der Waals surface area contributed by atoms with Gasteiger partial charge in [0.15, 0.2) is 0 Å². The highest BCUT2D eigenvalue weighted by molar-refractivity contribution is 9.10. The van der Waals surface area contributed by atoms with Gasteiger partial charge in [0.1, 0.15) is 0 Å². The third-order valence-electron chi connectivity index (χ3n) is 3.16. The summed E-state index contributed by atoms with van der Waals surface area (Å²) in [5.74, 6) is -0.188. The minimum Gasteiger partial charge on any atom is -0.406 e. The van der Waals surface area contributed by atoms with E-state index in [0.717, 1.165) is 21.4 Å². The molecule has 3 rings (SSSR count). The van der Waals surface area contributed by atoms with Gasteiger partial charge in [0.2, 0.25) is 5.88 Å². The van der Waals surface area contributed by atoms with Crippen LogP contribution in [-0.4, -0.2) is 15.7 Å². The lowest BCUT2D eigenvalue weighted by Crippen LogP contribution is -2.03. The normalized spacial score (nSPS) is 10.6. The molecule has 0 atom stereocenters. The van der Waals surface area contributed by atoms with E-state index in [9.17, 15) is 4.79 Å². The van der Waals surface area contributed by atoms with E-state index in [1.165, 1.54) is 6.92 Å². The summed E-state index contributed by atoms with van der Waals surface area (Å²) >= 11 is 9.71. The summed E-state index contributed by atoms with van der Waals surface area (Å²) in [6.45, 7) is 1.34. The monoisotopic (exact) mass is 390 g/mol. The Morgan fingerprint density at radius 1 is 1.17 bits per heavy atom. The van der Waals surface area contributed by atoms with Gasteiger partial charge in [-0.25, -0.2) is 4.68 Å². The second-order valence-corrected chi connectivity index (χ2v) is 6.15. The van der Waals surface area contributed by atoms with E-state index in [1.54, 1.807) is 16.8 Å². The van der Waals surface area contributed by atoms with Crippen molar-refractivity contribution in [1.29, 1.82) is 0 Å². The van der Waals surface area contributed by atoms with Crippen LogP contribution >= 0.6 is 27.5 Å². The molecule has 0 aliphatic carbocycles. The minimum absolute atomic E-state index is 0.232. The zero-order chi connectivity index (χ0) is 16.4. The molecule has 0 aliphatic rings. The maximum Gasteiger partial charge on any atom is 0.309 e. The summed E-state index contributed by atoms with van der Waals surface area (Å²) in [7, 11) is 0. The van der Waals surface area contributed by atoms with Gasteiger partial charge in [-0.2, -0.15) is 0 Å². The Kier molecular flexibility index (Phi) is 4.50. The third kappa shape index (κ3) is 3.46. The summed E-state index contributed by atoms with van der Waals surface area (Å²) in [5, 5.41) is 4.96. The molecule has 0 N–H and O–H groups in total. The minimum atomic E-state index is -0.420. The van der Waals surface area contributed by atoms with E-state index in [-0.39, 0.29) is 5.88 Å². The number of benzene rings is 2. The van der Waals surface area contributed by atoms with Crippen LogP contribution in [0.15, 0.2) is 59.1 Å². The lowest BCUT2D eigenvalue weighted by molar-refractivity contribution is -0.132. The van der Waals surface area contributed by atoms with Crippen molar-refractivity contribution in [2.24, 2.45) is 0 Å². The van der Waals surface area contributed by atoms with Crippen molar-refractivity contribution in [1.82, 2.24) is 9.78 Å². The van der Waals surface area contributed by atoms with E-state index >= 15 is 0 Å². The van der Waals surface area contributed by atoms with Gasteiger partial charge >= 0.3 is 5.97 Å². The van der Waals surface area contributed by atoms with Crippen LogP contribution in [-0.2, 0) is 4.79 Å². The van der Waals surface area contributed by atoms with Crippen LogP contribution in [0.5, 0.6) is 5.88 Å². The predicted molar refractivity (Wildman–Crippen MR) is 93.0 cm³/mol. The van der Waals surface area contributed by atoms with Gasteiger partial charge in [-0.1, -0.05) is 45.7 Å². The molecule has 0 amide bonds. The summed E-state index contributed by atoms with van der Waals surface area (Å²) in [6.07, 6.45) is 0. The Balaban J connectivity index is 2.17. The molecule has 6 heteroatoms. The maximum atomic E-state index is 11.2. The average molecular weight is 392 g/mol. The number of nitrogens with zero attached hydrogens (tertiary/aromatic N) is 2. The molecule has 4 nitrogen and oxygen atoms in total. The maximum absolute atomic E-state index is 11.2. The number of rotatable bonds is 3. The first-order valence-electron chi connectivity index (χ1n) is 6.84. The Bertz CT molecular complexity index is 859. The Morgan fingerprint density at radius 2 is 1.87 bits per heavy atom. The molecule has 0 bridgehead atoms. The van der Waals surface area contributed by atoms with Crippen LogP contribution in [0.4, 0.5) is 0 Å². The van der Waals surface area contributed by atoms with E-state index in [2.05, 4.69) is 21.0 Å². The molecule has 0 fully saturated rings. The van der Waals surface area contributed by atoms with Gasteiger partial charge in [-0.15, -0.1) is 5.10 Å². The fourth-order valence-electron chi connectivity index (χ4n) is 2.20. The molecule has 0 spiro atoms. The lowest BCUT2D eigenvalue weighted by atomic mass is 10.1. The summed E-state index contributed by atoms with van der Waals surface area (Å²) in [4.78, 5) is 11.2. The molecule has 23 heavy (non-hydrogen) atoms. The molecular weight excluding hydrogens is 380 g/mol. The smallest absolute Gasteiger partial charge is 0.309 e. The molecule has 1 aromatic heterocycles. The zero-order valence-corrected chi connectivity index (χ0v) is 14.5. The van der Waals surface area contributed by atoms with E-state index in [1.807, 2.05) is 42.5 Å². The largest absolute Gasteiger partial charge is 0.406 e. The van der Waals surface area contributed by atoms with Crippen molar-refractivity contribution in [3.05, 3.63) is 64.1 Å². The average Bonchev–Trinajstić information content (AvgIpc) is 2.91. The van der Waals surface area contributed by atoms with Crippen molar-refractivity contribution in [2.45, 2.75) is 6.92 Å². The van der Waals surface area contributed by atoms with Gasteiger partial charge in [-0.3, -0.25) is 4.79 Å². The number of aromatic nitrogens is 2. The predicted octanol–water partition coefficient (Wildman–Crippen LogP) is 4.88. The first-order chi connectivity index (χ1) is 11.0. The van der Waals surface area contributed by atoms with Crippen LogP contribution in [0.2, 0.25) is 5.02 Å². The first-order valence-corrected chi connectivity index (χ1v) is 8.01. The van der Waals surface area contributed by atoms with Crippen molar-refractivity contribution < 1.29 is 9.53 Å². The van der Waals surface area contributed by atoms with Gasteiger partial charge in [0.25, 0.3) is 0 Å². The molecule has 2 aromatic carbocycles. The van der Waals surface area contributed by atoms with E-state index < -0.39 is 5.97 Å². The SMILES string of the molecule is CC(=O)Oc1cc(-c2ccccc2Cl)n(-c2ccc(Br)cc2)n1. The fourth-order valence-corrected chi connectivity index (χ4v) is 2.69. The summed E-state index contributed by atoms with van der Waals surface area (Å²) in [5.41, 5.74) is 2.39. The number of halogens is 2. The van der Waals surface area contributed by atoms with Crippen molar-refractivity contribution in [3.8, 4) is 22.8 Å². The summed E-state index contributed by atoms with van der Waals surface area (Å²) in [6, 6.07) is 16.8. The van der Waals surface area contributed by atoms with Gasteiger partial charge in [-0.05, 0) is 30.3 Å². The van der Waals surface area contributed by atoms with Crippen molar-refractivity contribution >= 4 is 33.5 Å². The van der Waals surface area contributed by atoms with Gasteiger partial charge in [0.05, 0.1) is 11.4 Å². The zero-order valence-electron chi connectivity index (χ0n) is 12.2. The van der Waals surface area contributed by atoms with Crippen LogP contribution < -0.4 is 4.74 Å². The van der Waals surface area contributed by atoms with Gasteiger partial charge in [0, 0.05) is 28.0 Å². The van der Waals surface area contributed by atoms with E-state index in [4.69, 9.17) is 16.3 Å². The molecule has 0 saturated heterocycles.